The summed E-state index contributed by atoms with van der Waals surface area (Å²) in [5.41, 5.74) is 6.85. The third kappa shape index (κ3) is 5.65. The molecule has 0 aliphatic carbocycles. The van der Waals surface area contributed by atoms with E-state index in [9.17, 15) is 0 Å². The molecule has 4 heteroatoms. The molecule has 0 bridgehead atoms. The van der Waals surface area contributed by atoms with Crippen molar-refractivity contribution in [2.45, 2.75) is 23.9 Å². The second kappa shape index (κ2) is 12.3. The molecule has 0 saturated heterocycles. The summed E-state index contributed by atoms with van der Waals surface area (Å²) >= 11 is 7.06. The molecule has 0 aliphatic heterocycles. The average Bonchev–Trinajstić information content (AvgIpc) is 3.03. The van der Waals surface area contributed by atoms with Gasteiger partial charge in [-0.3, -0.25) is 0 Å². The molecule has 6 rings (SSSR count). The standard InChI is InChI=1S/C36H28Br2O2/c37-21-25-9-13-27(14-10-25)23-39-33-19-17-29-5-1-3-7-31(29)35(33)36-32-8-4-2-6-30(32)18-20-34(36)40-24-28-15-11-26(22-38)12-16-28/h1-20H,21-24H2. The van der Waals surface area contributed by atoms with Crippen LogP contribution in [0.1, 0.15) is 22.3 Å². The zero-order valence-electron chi connectivity index (χ0n) is 21.9. The Morgan fingerprint density at radius 1 is 0.400 bits per heavy atom. The Kier molecular flexibility index (Phi) is 8.17. The topological polar surface area (TPSA) is 18.5 Å². The van der Waals surface area contributed by atoms with Crippen molar-refractivity contribution in [3.63, 3.8) is 0 Å². The summed E-state index contributed by atoms with van der Waals surface area (Å²) in [6.45, 7) is 0.962. The first-order valence-corrected chi connectivity index (χ1v) is 15.5. The molecule has 0 radical (unpaired) electrons. The smallest absolute Gasteiger partial charge is 0.128 e. The Bertz CT molecular complexity index is 1630. The summed E-state index contributed by atoms with van der Waals surface area (Å²) in [6.07, 6.45) is 0. The van der Waals surface area contributed by atoms with E-state index in [2.05, 4.69) is 153 Å². The number of alkyl halides is 2. The third-order valence-electron chi connectivity index (χ3n) is 7.17. The van der Waals surface area contributed by atoms with Crippen molar-refractivity contribution in [3.05, 3.63) is 144 Å². The van der Waals surface area contributed by atoms with Crippen LogP contribution in [0.5, 0.6) is 11.5 Å². The van der Waals surface area contributed by atoms with Crippen LogP contribution in [-0.4, -0.2) is 0 Å². The van der Waals surface area contributed by atoms with Gasteiger partial charge in [0.05, 0.1) is 0 Å². The fraction of sp³-hybridized carbons (Fsp3) is 0.111. The van der Waals surface area contributed by atoms with Gasteiger partial charge in [0, 0.05) is 21.8 Å². The molecule has 0 aromatic heterocycles. The van der Waals surface area contributed by atoms with Gasteiger partial charge in [0.1, 0.15) is 24.7 Å². The highest BCUT2D eigenvalue weighted by atomic mass is 79.9. The van der Waals surface area contributed by atoms with E-state index in [0.29, 0.717) is 13.2 Å². The summed E-state index contributed by atoms with van der Waals surface area (Å²) in [4.78, 5) is 0. The zero-order valence-corrected chi connectivity index (χ0v) is 25.1. The van der Waals surface area contributed by atoms with E-state index >= 15 is 0 Å². The second-order valence-electron chi connectivity index (χ2n) is 9.80. The van der Waals surface area contributed by atoms with E-state index < -0.39 is 0 Å². The Balaban J connectivity index is 1.46. The predicted octanol–water partition coefficient (Wildman–Crippen LogP) is 10.6. The molecule has 0 spiro atoms. The van der Waals surface area contributed by atoms with Crippen LogP contribution in [0.2, 0.25) is 0 Å². The number of fused-ring (bicyclic) bond motifs is 2. The molecule has 2 nitrogen and oxygen atoms in total. The number of halogens is 2. The van der Waals surface area contributed by atoms with Gasteiger partial charge >= 0.3 is 0 Å². The molecule has 0 atom stereocenters. The van der Waals surface area contributed by atoms with Crippen molar-refractivity contribution in [1.29, 1.82) is 0 Å². The quantitative estimate of drug-likeness (QED) is 0.145. The van der Waals surface area contributed by atoms with E-state index in [0.717, 1.165) is 66.0 Å². The summed E-state index contributed by atoms with van der Waals surface area (Å²) < 4.78 is 13.2. The van der Waals surface area contributed by atoms with Crippen molar-refractivity contribution in [1.82, 2.24) is 0 Å². The molecule has 198 valence electrons. The maximum atomic E-state index is 6.58. The molecule has 40 heavy (non-hydrogen) atoms. The Hall–Kier alpha value is -3.60. The van der Waals surface area contributed by atoms with Gasteiger partial charge in [-0.15, -0.1) is 0 Å². The van der Waals surface area contributed by atoms with E-state index in [1.54, 1.807) is 0 Å². The highest BCUT2D eigenvalue weighted by Gasteiger charge is 2.19. The zero-order chi connectivity index (χ0) is 27.3. The SMILES string of the molecule is BrCc1ccc(COc2ccc3ccccc3c2-c2c(OCc3ccc(CBr)cc3)ccc3ccccc23)cc1. The van der Waals surface area contributed by atoms with Gasteiger partial charge in [0.2, 0.25) is 0 Å². The lowest BCUT2D eigenvalue weighted by Gasteiger charge is -2.20. The maximum Gasteiger partial charge on any atom is 0.128 e. The van der Waals surface area contributed by atoms with Gasteiger partial charge in [-0.05, 0) is 55.9 Å². The van der Waals surface area contributed by atoms with Crippen LogP contribution in [0, 0.1) is 0 Å². The van der Waals surface area contributed by atoms with Gasteiger partial charge in [-0.2, -0.15) is 0 Å². The van der Waals surface area contributed by atoms with Crippen LogP contribution in [0.4, 0.5) is 0 Å². The Labute approximate surface area is 251 Å². The monoisotopic (exact) mass is 650 g/mol. The van der Waals surface area contributed by atoms with Crippen LogP contribution in [0.3, 0.4) is 0 Å². The third-order valence-corrected chi connectivity index (χ3v) is 8.47. The molecular formula is C36H28Br2O2. The summed E-state index contributed by atoms with van der Waals surface area (Å²) in [7, 11) is 0. The van der Waals surface area contributed by atoms with Crippen molar-refractivity contribution in [3.8, 4) is 22.6 Å². The van der Waals surface area contributed by atoms with Gasteiger partial charge in [0.15, 0.2) is 0 Å². The lowest BCUT2D eigenvalue weighted by Crippen LogP contribution is -2.01. The minimum absolute atomic E-state index is 0.481. The molecule has 0 heterocycles. The molecule has 6 aromatic rings. The highest BCUT2D eigenvalue weighted by molar-refractivity contribution is 9.08. The van der Waals surface area contributed by atoms with E-state index in [4.69, 9.17) is 9.47 Å². The predicted molar refractivity (Wildman–Crippen MR) is 174 cm³/mol. The van der Waals surface area contributed by atoms with Crippen molar-refractivity contribution >= 4 is 53.4 Å². The molecule has 0 fully saturated rings. The van der Waals surface area contributed by atoms with Crippen LogP contribution in [-0.2, 0) is 23.9 Å². The number of rotatable bonds is 9. The normalized spacial score (nSPS) is 11.2. The number of hydrogen-bond acceptors (Lipinski definition) is 2. The number of benzene rings is 6. The first-order valence-electron chi connectivity index (χ1n) is 13.3. The van der Waals surface area contributed by atoms with E-state index in [1.807, 2.05) is 0 Å². The highest BCUT2D eigenvalue weighted by Crippen LogP contribution is 2.45. The first-order chi connectivity index (χ1) is 19.7. The van der Waals surface area contributed by atoms with Crippen LogP contribution < -0.4 is 9.47 Å². The second-order valence-corrected chi connectivity index (χ2v) is 10.9. The largest absolute Gasteiger partial charge is 0.488 e. The summed E-state index contributed by atoms with van der Waals surface area (Å²) in [5.74, 6) is 1.68. The van der Waals surface area contributed by atoms with Crippen molar-refractivity contribution < 1.29 is 9.47 Å². The fourth-order valence-corrected chi connectivity index (χ4v) is 5.78. The molecule has 0 N–H and O–H groups in total. The lowest BCUT2D eigenvalue weighted by atomic mass is 9.92. The van der Waals surface area contributed by atoms with Gasteiger partial charge in [-0.25, -0.2) is 0 Å². The average molecular weight is 652 g/mol. The fourth-order valence-electron chi connectivity index (χ4n) is 5.03. The van der Waals surface area contributed by atoms with Crippen LogP contribution >= 0.6 is 31.9 Å². The minimum Gasteiger partial charge on any atom is -0.488 e. The lowest BCUT2D eigenvalue weighted by molar-refractivity contribution is 0.303. The van der Waals surface area contributed by atoms with Crippen molar-refractivity contribution in [2.75, 3.05) is 0 Å². The number of hydrogen-bond donors (Lipinski definition) is 0. The maximum absolute atomic E-state index is 6.58. The van der Waals surface area contributed by atoms with Crippen LogP contribution in [0.25, 0.3) is 32.7 Å². The molecular weight excluding hydrogens is 624 g/mol. The number of ether oxygens (including phenoxy) is 2. The van der Waals surface area contributed by atoms with E-state index in [-0.39, 0.29) is 0 Å². The molecule has 0 amide bonds. The molecule has 0 aliphatic rings. The van der Waals surface area contributed by atoms with Gasteiger partial charge < -0.3 is 9.47 Å². The molecule has 0 unspecified atom stereocenters. The minimum atomic E-state index is 0.481. The Morgan fingerprint density at radius 3 is 1.18 bits per heavy atom. The van der Waals surface area contributed by atoms with Gasteiger partial charge in [-0.1, -0.05) is 141 Å². The first kappa shape index (κ1) is 26.6. The summed E-state index contributed by atoms with van der Waals surface area (Å²) in [6, 6.07) is 42.5. The van der Waals surface area contributed by atoms with E-state index in [1.165, 1.54) is 11.1 Å². The van der Waals surface area contributed by atoms with Gasteiger partial charge in [0.25, 0.3) is 0 Å². The Morgan fingerprint density at radius 2 is 0.775 bits per heavy atom. The van der Waals surface area contributed by atoms with Crippen molar-refractivity contribution in [2.24, 2.45) is 0 Å². The molecule has 0 saturated carbocycles. The van der Waals surface area contributed by atoms with Crippen LogP contribution in [0.15, 0.2) is 121 Å². The molecule has 6 aromatic carbocycles. The summed E-state index contributed by atoms with van der Waals surface area (Å²) in [5, 5.41) is 6.28.